The highest BCUT2D eigenvalue weighted by atomic mass is 16.5. The van der Waals surface area contributed by atoms with E-state index >= 15 is 0 Å². The Morgan fingerprint density at radius 2 is 1.86 bits per heavy atom. The number of amides is 2. The van der Waals surface area contributed by atoms with Gasteiger partial charge in [-0.25, -0.2) is 4.98 Å². The van der Waals surface area contributed by atoms with Crippen LogP contribution in [0, 0.1) is 5.92 Å². The molecule has 2 aliphatic rings. The molecule has 1 aromatic heterocycles. The number of nitrogens with zero attached hydrogens (tertiary/aromatic N) is 2. The normalized spacial score (nSPS) is 19.7. The molecule has 0 saturated carbocycles. The van der Waals surface area contributed by atoms with Crippen molar-refractivity contribution in [2.45, 2.75) is 31.8 Å². The average molecular weight is 395 g/mol. The summed E-state index contributed by atoms with van der Waals surface area (Å²) in [5, 5.41) is 2.92. The van der Waals surface area contributed by atoms with Gasteiger partial charge in [0.25, 0.3) is 5.91 Å². The zero-order valence-corrected chi connectivity index (χ0v) is 16.3. The molecular weight excluding hydrogens is 370 g/mol. The highest BCUT2D eigenvalue weighted by Crippen LogP contribution is 2.24. The molecule has 3 heterocycles. The van der Waals surface area contributed by atoms with E-state index in [0.29, 0.717) is 49.9 Å². The predicted octanol–water partition coefficient (Wildman–Crippen LogP) is 3.23. The van der Waals surface area contributed by atoms with Gasteiger partial charge in [0.1, 0.15) is 11.9 Å². The maximum atomic E-state index is 12.6. The Balaban J connectivity index is 1.26. The monoisotopic (exact) mass is 395 g/mol. The van der Waals surface area contributed by atoms with E-state index in [1.165, 1.54) is 0 Å². The highest BCUT2D eigenvalue weighted by Gasteiger charge is 2.32. The van der Waals surface area contributed by atoms with Crippen molar-refractivity contribution < 1.29 is 19.1 Å². The number of carbonyl (C=O) groups is 2. The number of rotatable bonds is 5. The van der Waals surface area contributed by atoms with E-state index < -0.39 is 0 Å². The summed E-state index contributed by atoms with van der Waals surface area (Å²) < 4.78 is 11.1. The zero-order chi connectivity index (χ0) is 20.1. The van der Waals surface area contributed by atoms with Crippen molar-refractivity contribution in [1.29, 1.82) is 0 Å². The lowest BCUT2D eigenvalue weighted by Gasteiger charge is -2.32. The summed E-state index contributed by atoms with van der Waals surface area (Å²) >= 11 is 0. The number of piperidine rings is 1. The number of likely N-dealkylation sites (tertiary alicyclic amines) is 1. The molecule has 0 spiro atoms. The molecule has 7 nitrogen and oxygen atoms in total. The zero-order valence-electron chi connectivity index (χ0n) is 16.3. The molecule has 0 unspecified atom stereocenters. The van der Waals surface area contributed by atoms with E-state index in [1.807, 2.05) is 35.2 Å². The summed E-state index contributed by atoms with van der Waals surface area (Å²) in [6.07, 6.45) is 4.36. The number of benzene rings is 1. The van der Waals surface area contributed by atoms with Gasteiger partial charge in [0.2, 0.25) is 11.8 Å². The van der Waals surface area contributed by atoms with Crippen molar-refractivity contribution >= 4 is 17.5 Å². The van der Waals surface area contributed by atoms with E-state index in [9.17, 15) is 9.59 Å². The van der Waals surface area contributed by atoms with Gasteiger partial charge in [-0.1, -0.05) is 18.2 Å². The Labute approximate surface area is 170 Å². The van der Waals surface area contributed by atoms with E-state index in [0.717, 1.165) is 12.8 Å². The van der Waals surface area contributed by atoms with Gasteiger partial charge in [-0.05, 0) is 43.9 Å². The number of aromatic nitrogens is 1. The predicted molar refractivity (Wildman–Crippen MR) is 108 cm³/mol. The molecule has 2 aromatic rings. The van der Waals surface area contributed by atoms with Crippen LogP contribution in [0.2, 0.25) is 0 Å². The molecule has 1 N–H and O–H groups in total. The highest BCUT2D eigenvalue weighted by molar-refractivity contribution is 5.92. The van der Waals surface area contributed by atoms with Gasteiger partial charge >= 0.3 is 0 Å². The van der Waals surface area contributed by atoms with Gasteiger partial charge in [0.15, 0.2) is 0 Å². The van der Waals surface area contributed by atoms with Gasteiger partial charge < -0.3 is 19.7 Å². The molecule has 0 bridgehead atoms. The lowest BCUT2D eigenvalue weighted by molar-refractivity contribution is -0.143. The first-order valence-corrected chi connectivity index (χ1v) is 10.1. The van der Waals surface area contributed by atoms with Gasteiger partial charge in [-0.15, -0.1) is 0 Å². The molecule has 0 radical (unpaired) electrons. The van der Waals surface area contributed by atoms with Crippen LogP contribution in [0.5, 0.6) is 11.6 Å². The number of hydrogen-bond acceptors (Lipinski definition) is 5. The summed E-state index contributed by atoms with van der Waals surface area (Å²) in [7, 11) is 0. The van der Waals surface area contributed by atoms with Crippen LogP contribution in [0.1, 0.15) is 25.7 Å². The minimum Gasteiger partial charge on any atom is -0.439 e. The molecule has 2 fully saturated rings. The van der Waals surface area contributed by atoms with Crippen molar-refractivity contribution in [3.05, 3.63) is 48.7 Å². The average Bonchev–Trinajstić information content (AvgIpc) is 3.30. The minimum atomic E-state index is -0.289. The Hall–Kier alpha value is -2.93. The van der Waals surface area contributed by atoms with E-state index in [-0.39, 0.29) is 23.8 Å². The van der Waals surface area contributed by atoms with Crippen LogP contribution in [0.25, 0.3) is 0 Å². The molecule has 7 heteroatoms. The lowest BCUT2D eigenvalue weighted by atomic mass is 9.95. The van der Waals surface area contributed by atoms with Crippen LogP contribution in [-0.2, 0) is 14.3 Å². The maximum Gasteiger partial charge on any atom is 0.251 e. The smallest absolute Gasteiger partial charge is 0.251 e. The quantitative estimate of drug-likeness (QED) is 0.841. The third-order valence-corrected chi connectivity index (χ3v) is 5.35. The summed E-state index contributed by atoms with van der Waals surface area (Å²) in [6.45, 7) is 1.86. The third-order valence-electron chi connectivity index (χ3n) is 5.35. The molecule has 1 aromatic carbocycles. The summed E-state index contributed by atoms with van der Waals surface area (Å²) in [6, 6.07) is 12.9. The second-order valence-electron chi connectivity index (χ2n) is 7.39. The second-order valence-corrected chi connectivity index (χ2v) is 7.39. The number of carbonyl (C=O) groups excluding carboxylic acids is 2. The Morgan fingerprint density at radius 1 is 1.07 bits per heavy atom. The van der Waals surface area contributed by atoms with Crippen LogP contribution < -0.4 is 10.1 Å². The van der Waals surface area contributed by atoms with Crippen LogP contribution in [0.3, 0.4) is 0 Å². The topological polar surface area (TPSA) is 80.8 Å². The first kappa shape index (κ1) is 19.4. The largest absolute Gasteiger partial charge is 0.439 e. The number of hydrogen-bond donors (Lipinski definition) is 1. The van der Waals surface area contributed by atoms with Crippen LogP contribution >= 0.6 is 0 Å². The fourth-order valence-electron chi connectivity index (χ4n) is 3.71. The van der Waals surface area contributed by atoms with Gasteiger partial charge in [0.05, 0.1) is 11.9 Å². The second kappa shape index (κ2) is 9.05. The SMILES string of the molecule is O=C(Nc1ccc(Oc2ccccc2)nc1)C1CCN(C(=O)[C@H]2CCCO2)CC1. The first-order valence-electron chi connectivity index (χ1n) is 10.1. The van der Waals surface area contributed by atoms with Crippen LogP contribution in [0.4, 0.5) is 5.69 Å². The van der Waals surface area contributed by atoms with Gasteiger partial charge in [-0.3, -0.25) is 9.59 Å². The van der Waals surface area contributed by atoms with Crippen molar-refractivity contribution in [3.63, 3.8) is 0 Å². The molecule has 29 heavy (non-hydrogen) atoms. The number of anilines is 1. The lowest BCUT2D eigenvalue weighted by Crippen LogP contribution is -2.45. The van der Waals surface area contributed by atoms with Gasteiger partial charge in [-0.2, -0.15) is 0 Å². The third kappa shape index (κ3) is 4.92. The standard InChI is InChI=1S/C22H25N3O4/c26-21(16-10-12-25(13-11-16)22(27)19-7-4-14-28-19)24-17-8-9-20(23-15-17)29-18-5-2-1-3-6-18/h1-3,5-6,8-9,15-16,19H,4,7,10-14H2,(H,24,26)/t19-/m1/s1. The molecule has 2 aliphatic heterocycles. The number of pyridine rings is 1. The van der Waals surface area contributed by atoms with Gasteiger partial charge in [0, 0.05) is 31.7 Å². The molecular formula is C22H25N3O4. The van der Waals surface area contributed by atoms with Crippen molar-refractivity contribution in [2.24, 2.45) is 5.92 Å². The van der Waals surface area contributed by atoms with Crippen LogP contribution in [-0.4, -0.2) is 47.5 Å². The minimum absolute atomic E-state index is 0.0345. The molecule has 1 atom stereocenters. The fraction of sp³-hybridized carbons (Fsp3) is 0.409. The number of para-hydroxylation sites is 1. The fourth-order valence-corrected chi connectivity index (χ4v) is 3.71. The Kier molecular flexibility index (Phi) is 6.05. The Bertz CT molecular complexity index is 827. The molecule has 0 aliphatic carbocycles. The first-order chi connectivity index (χ1) is 14.2. The molecule has 2 saturated heterocycles. The molecule has 152 valence electrons. The van der Waals surface area contributed by atoms with E-state index in [4.69, 9.17) is 9.47 Å². The summed E-state index contributed by atoms with van der Waals surface area (Å²) in [5.41, 5.74) is 0.633. The molecule has 2 amide bonds. The van der Waals surface area contributed by atoms with Crippen molar-refractivity contribution in [2.75, 3.05) is 25.0 Å². The van der Waals surface area contributed by atoms with E-state index in [1.54, 1.807) is 18.3 Å². The maximum absolute atomic E-state index is 12.6. The number of ether oxygens (including phenoxy) is 2. The van der Waals surface area contributed by atoms with Crippen LogP contribution in [0.15, 0.2) is 48.7 Å². The summed E-state index contributed by atoms with van der Waals surface area (Å²) in [4.78, 5) is 31.1. The van der Waals surface area contributed by atoms with Crippen molar-refractivity contribution in [3.8, 4) is 11.6 Å². The molecule has 4 rings (SSSR count). The number of nitrogens with one attached hydrogen (secondary N) is 1. The summed E-state index contributed by atoms with van der Waals surface area (Å²) in [5.74, 6) is 1.10. The Morgan fingerprint density at radius 3 is 2.52 bits per heavy atom. The van der Waals surface area contributed by atoms with E-state index in [2.05, 4.69) is 10.3 Å². The van der Waals surface area contributed by atoms with Crippen molar-refractivity contribution in [1.82, 2.24) is 9.88 Å².